The minimum absolute atomic E-state index is 0.137. The third-order valence-electron chi connectivity index (χ3n) is 2.05. The van der Waals surface area contributed by atoms with Gasteiger partial charge in [-0.25, -0.2) is 8.42 Å². The van der Waals surface area contributed by atoms with Crippen molar-refractivity contribution in [2.45, 2.75) is 25.0 Å². The van der Waals surface area contributed by atoms with Gasteiger partial charge in [-0.2, -0.15) is 12.6 Å². The van der Waals surface area contributed by atoms with Crippen molar-refractivity contribution >= 4 is 28.4 Å². The summed E-state index contributed by atoms with van der Waals surface area (Å²) in [7, 11) is -3.15. The standard InChI is InChI=1S/C8H17NO3S2/c1-8(2,14(3,11)12)6-9-7(10)4-5-13/h13H,4-6H2,1-3H3,(H,9,10). The van der Waals surface area contributed by atoms with Gasteiger partial charge in [-0.05, 0) is 19.6 Å². The summed E-state index contributed by atoms with van der Waals surface area (Å²) in [5.74, 6) is 0.294. The van der Waals surface area contributed by atoms with Crippen molar-refractivity contribution in [1.82, 2.24) is 5.32 Å². The Morgan fingerprint density at radius 3 is 2.29 bits per heavy atom. The zero-order chi connectivity index (χ0) is 11.4. The van der Waals surface area contributed by atoms with E-state index in [9.17, 15) is 13.2 Å². The molecular formula is C8H17NO3S2. The SMILES string of the molecule is CC(C)(CNC(=O)CCS)S(C)(=O)=O. The molecule has 0 heterocycles. The van der Waals surface area contributed by atoms with Gasteiger partial charge in [-0.15, -0.1) is 0 Å². The molecule has 0 rings (SSSR count). The Balaban J connectivity index is 4.20. The second-order valence-electron chi connectivity index (χ2n) is 3.78. The van der Waals surface area contributed by atoms with Crippen molar-refractivity contribution in [1.29, 1.82) is 0 Å². The molecule has 0 saturated heterocycles. The monoisotopic (exact) mass is 239 g/mol. The average Bonchev–Trinajstić information content (AvgIpc) is 1.99. The summed E-state index contributed by atoms with van der Waals surface area (Å²) in [6.45, 7) is 3.31. The number of rotatable bonds is 5. The summed E-state index contributed by atoms with van der Waals surface area (Å²) in [5, 5.41) is 2.56. The highest BCUT2D eigenvalue weighted by atomic mass is 32.2. The number of nitrogens with one attached hydrogen (secondary N) is 1. The molecule has 0 aromatic rings. The fourth-order valence-electron chi connectivity index (χ4n) is 0.632. The van der Waals surface area contributed by atoms with Gasteiger partial charge in [-0.3, -0.25) is 4.79 Å². The van der Waals surface area contributed by atoms with Gasteiger partial charge in [0.05, 0.1) is 4.75 Å². The van der Waals surface area contributed by atoms with Crippen molar-refractivity contribution in [2.24, 2.45) is 0 Å². The highest BCUT2D eigenvalue weighted by molar-refractivity contribution is 7.92. The quantitative estimate of drug-likeness (QED) is 0.676. The first-order valence-electron chi connectivity index (χ1n) is 4.28. The van der Waals surface area contributed by atoms with Crippen LogP contribution in [0, 0.1) is 0 Å². The normalized spacial score (nSPS) is 12.6. The third kappa shape index (κ3) is 4.32. The van der Waals surface area contributed by atoms with Gasteiger partial charge in [-0.1, -0.05) is 0 Å². The summed E-state index contributed by atoms with van der Waals surface area (Å²) in [5.41, 5.74) is 0. The van der Waals surface area contributed by atoms with Crippen molar-refractivity contribution in [3.8, 4) is 0 Å². The lowest BCUT2D eigenvalue weighted by atomic mass is 10.2. The molecule has 4 nitrogen and oxygen atoms in total. The first kappa shape index (κ1) is 13.8. The van der Waals surface area contributed by atoms with Crippen LogP contribution in [-0.4, -0.2) is 37.6 Å². The number of thiol groups is 1. The smallest absolute Gasteiger partial charge is 0.220 e. The molecule has 6 heteroatoms. The molecule has 1 amide bonds. The molecule has 0 aromatic heterocycles. The number of hydrogen-bond acceptors (Lipinski definition) is 4. The molecule has 0 fully saturated rings. The highest BCUT2D eigenvalue weighted by Gasteiger charge is 2.30. The lowest BCUT2D eigenvalue weighted by Gasteiger charge is -2.22. The van der Waals surface area contributed by atoms with Crippen molar-refractivity contribution in [3.05, 3.63) is 0 Å². The second kappa shape index (κ2) is 5.02. The lowest BCUT2D eigenvalue weighted by molar-refractivity contribution is -0.120. The Hall–Kier alpha value is -0.230. The summed E-state index contributed by atoms with van der Waals surface area (Å²) >= 11 is 3.90. The predicted molar refractivity (Wildman–Crippen MR) is 60.4 cm³/mol. The fourth-order valence-corrected chi connectivity index (χ4v) is 1.17. The van der Waals surface area contributed by atoms with Crippen LogP contribution in [0.15, 0.2) is 0 Å². The minimum Gasteiger partial charge on any atom is -0.355 e. The largest absolute Gasteiger partial charge is 0.355 e. The molecule has 0 radical (unpaired) electrons. The molecule has 1 N–H and O–H groups in total. The third-order valence-corrected chi connectivity index (χ3v) is 4.43. The van der Waals surface area contributed by atoms with Crippen LogP contribution in [0.1, 0.15) is 20.3 Å². The molecule has 0 aliphatic carbocycles. The van der Waals surface area contributed by atoms with Gasteiger partial charge in [0.15, 0.2) is 9.84 Å². The van der Waals surface area contributed by atoms with Crippen LogP contribution in [0.4, 0.5) is 0 Å². The van der Waals surface area contributed by atoms with E-state index in [0.29, 0.717) is 12.2 Å². The number of amides is 1. The maximum Gasteiger partial charge on any atom is 0.220 e. The topological polar surface area (TPSA) is 63.2 Å². The highest BCUT2D eigenvalue weighted by Crippen LogP contribution is 2.13. The molecule has 0 aromatic carbocycles. The molecule has 0 unspecified atom stereocenters. The molecule has 0 atom stereocenters. The van der Waals surface area contributed by atoms with Crippen LogP contribution >= 0.6 is 12.6 Å². The molecule has 84 valence electrons. The van der Waals surface area contributed by atoms with Gasteiger partial charge < -0.3 is 5.32 Å². The Labute approximate surface area is 90.8 Å². The zero-order valence-electron chi connectivity index (χ0n) is 8.70. The fraction of sp³-hybridized carbons (Fsp3) is 0.875. The number of sulfone groups is 1. The minimum atomic E-state index is -3.15. The van der Waals surface area contributed by atoms with E-state index in [4.69, 9.17) is 0 Å². The molecule has 0 aliphatic rings. The first-order chi connectivity index (χ1) is 6.20. The van der Waals surface area contributed by atoms with E-state index in [1.165, 1.54) is 0 Å². The van der Waals surface area contributed by atoms with E-state index >= 15 is 0 Å². The lowest BCUT2D eigenvalue weighted by Crippen LogP contribution is -2.43. The summed E-state index contributed by atoms with van der Waals surface area (Å²) in [4.78, 5) is 11.1. The van der Waals surface area contributed by atoms with Gasteiger partial charge in [0.2, 0.25) is 5.91 Å². The zero-order valence-corrected chi connectivity index (χ0v) is 10.4. The number of carbonyl (C=O) groups excluding carboxylic acids is 1. The van der Waals surface area contributed by atoms with E-state index in [1.54, 1.807) is 13.8 Å². The molecule has 0 aliphatic heterocycles. The average molecular weight is 239 g/mol. The van der Waals surface area contributed by atoms with Crippen LogP contribution in [-0.2, 0) is 14.6 Å². The number of carbonyl (C=O) groups is 1. The Morgan fingerprint density at radius 2 is 1.93 bits per heavy atom. The first-order valence-corrected chi connectivity index (χ1v) is 6.80. The van der Waals surface area contributed by atoms with Gasteiger partial charge in [0.1, 0.15) is 0 Å². The molecule has 0 bridgehead atoms. The summed E-state index contributed by atoms with van der Waals surface area (Å²) in [6, 6.07) is 0. The van der Waals surface area contributed by atoms with Crippen LogP contribution in [0.3, 0.4) is 0 Å². The van der Waals surface area contributed by atoms with Crippen LogP contribution in [0.5, 0.6) is 0 Å². The molecular weight excluding hydrogens is 222 g/mol. The van der Waals surface area contributed by atoms with E-state index in [1.807, 2.05) is 0 Å². The van der Waals surface area contributed by atoms with E-state index in [-0.39, 0.29) is 12.5 Å². The van der Waals surface area contributed by atoms with Gasteiger partial charge in [0, 0.05) is 19.2 Å². The summed E-state index contributed by atoms with van der Waals surface area (Å²) in [6.07, 6.45) is 1.47. The van der Waals surface area contributed by atoms with E-state index in [2.05, 4.69) is 17.9 Å². The Bertz CT molecular complexity index is 296. The molecule has 0 saturated carbocycles. The van der Waals surface area contributed by atoms with Crippen molar-refractivity contribution in [3.63, 3.8) is 0 Å². The maximum atomic E-state index is 11.3. The molecule has 14 heavy (non-hydrogen) atoms. The van der Waals surface area contributed by atoms with E-state index < -0.39 is 14.6 Å². The van der Waals surface area contributed by atoms with Crippen molar-refractivity contribution < 1.29 is 13.2 Å². The Kier molecular flexibility index (Phi) is 4.94. The summed E-state index contributed by atoms with van der Waals surface area (Å²) < 4.78 is 21.6. The van der Waals surface area contributed by atoms with E-state index in [0.717, 1.165) is 6.26 Å². The number of hydrogen-bond donors (Lipinski definition) is 2. The van der Waals surface area contributed by atoms with Crippen LogP contribution in [0.25, 0.3) is 0 Å². The van der Waals surface area contributed by atoms with Crippen LogP contribution in [0.2, 0.25) is 0 Å². The predicted octanol–water partition coefficient (Wildman–Crippen LogP) is 0.246. The Morgan fingerprint density at radius 1 is 1.43 bits per heavy atom. The van der Waals surface area contributed by atoms with Crippen molar-refractivity contribution in [2.75, 3.05) is 18.6 Å². The maximum absolute atomic E-state index is 11.3. The molecule has 0 spiro atoms. The van der Waals surface area contributed by atoms with Gasteiger partial charge >= 0.3 is 0 Å². The van der Waals surface area contributed by atoms with Crippen LogP contribution < -0.4 is 5.32 Å². The second-order valence-corrected chi connectivity index (χ2v) is 6.88. The van der Waals surface area contributed by atoms with Gasteiger partial charge in [0.25, 0.3) is 0 Å².